The maximum Gasteiger partial charge on any atom is 0.407 e. The number of carbonyl (C=O) groups is 3. The Balaban J connectivity index is 1.61. The molecule has 0 radical (unpaired) electrons. The van der Waals surface area contributed by atoms with Crippen LogP contribution in [0.25, 0.3) is 11.1 Å². The highest BCUT2D eigenvalue weighted by atomic mass is 19.3. The van der Waals surface area contributed by atoms with Crippen LogP contribution in [0, 0.1) is 0 Å². The highest BCUT2D eigenvalue weighted by molar-refractivity contribution is 5.84. The molecule has 0 heterocycles. The quantitative estimate of drug-likeness (QED) is 0.595. The minimum atomic E-state index is -3.04. The van der Waals surface area contributed by atoms with Crippen molar-refractivity contribution in [2.75, 3.05) is 6.61 Å². The molecule has 2 aromatic rings. The fraction of sp³-hybridized carbons (Fsp3) is 0.318. The van der Waals surface area contributed by atoms with Crippen LogP contribution in [0.3, 0.4) is 0 Å². The minimum absolute atomic E-state index is 0.0575. The second-order valence-electron chi connectivity index (χ2n) is 7.24. The lowest BCUT2D eigenvalue weighted by molar-refractivity contribution is -0.141. The number of alkyl carbamates (subject to hydrolysis) is 1. The largest absolute Gasteiger partial charge is 0.480 e. The zero-order valence-corrected chi connectivity index (χ0v) is 16.7. The third-order valence-electron chi connectivity index (χ3n) is 5.10. The minimum Gasteiger partial charge on any atom is -0.480 e. The Labute approximate surface area is 177 Å². The number of benzene rings is 2. The van der Waals surface area contributed by atoms with Crippen molar-refractivity contribution in [2.45, 2.75) is 37.8 Å². The van der Waals surface area contributed by atoms with E-state index in [0.29, 0.717) is 0 Å². The Morgan fingerprint density at radius 2 is 1.55 bits per heavy atom. The maximum absolute atomic E-state index is 13.3. The van der Waals surface area contributed by atoms with E-state index in [1.165, 1.54) is 6.92 Å². The molecule has 2 amide bonds. The molecular weight excluding hydrogens is 410 g/mol. The third kappa shape index (κ3) is 5.17. The molecule has 0 aliphatic heterocycles. The maximum atomic E-state index is 13.3. The van der Waals surface area contributed by atoms with Crippen LogP contribution >= 0.6 is 0 Å². The van der Waals surface area contributed by atoms with E-state index in [1.807, 2.05) is 53.8 Å². The molecule has 1 aliphatic rings. The average molecular weight is 432 g/mol. The lowest BCUT2D eigenvalue weighted by Gasteiger charge is -2.19. The predicted octanol–water partition coefficient (Wildman–Crippen LogP) is 3.14. The van der Waals surface area contributed by atoms with Crippen LogP contribution in [-0.4, -0.2) is 48.2 Å². The summed E-state index contributed by atoms with van der Waals surface area (Å²) in [6.07, 6.45) is -4.89. The van der Waals surface area contributed by atoms with E-state index < -0.39 is 42.9 Å². The highest BCUT2D eigenvalue weighted by Crippen LogP contribution is 2.44. The first kappa shape index (κ1) is 22.2. The molecule has 1 unspecified atom stereocenters. The molecule has 2 aromatic carbocycles. The zero-order valence-electron chi connectivity index (χ0n) is 16.7. The molecule has 0 fully saturated rings. The van der Waals surface area contributed by atoms with Crippen molar-refractivity contribution in [3.05, 3.63) is 59.7 Å². The van der Waals surface area contributed by atoms with E-state index in [2.05, 4.69) is 5.32 Å². The van der Waals surface area contributed by atoms with Crippen molar-refractivity contribution in [3.63, 3.8) is 0 Å². The fourth-order valence-electron chi connectivity index (χ4n) is 3.56. The number of rotatable bonds is 8. The van der Waals surface area contributed by atoms with E-state index in [4.69, 9.17) is 9.84 Å². The number of hydrogen-bond acceptors (Lipinski definition) is 4. The number of amides is 2. The summed E-state index contributed by atoms with van der Waals surface area (Å²) in [6.45, 7) is 1.15. The number of alkyl halides is 2. The van der Waals surface area contributed by atoms with Crippen molar-refractivity contribution in [3.8, 4) is 11.1 Å². The van der Waals surface area contributed by atoms with Crippen molar-refractivity contribution in [2.24, 2.45) is 0 Å². The number of aliphatic carboxylic acids is 1. The van der Waals surface area contributed by atoms with Gasteiger partial charge < -0.3 is 20.5 Å². The van der Waals surface area contributed by atoms with Gasteiger partial charge in [0.15, 0.2) is 0 Å². The second kappa shape index (κ2) is 9.55. The first-order valence-corrected chi connectivity index (χ1v) is 9.69. The number of ether oxygens (including phenoxy) is 1. The average Bonchev–Trinajstić information content (AvgIpc) is 3.05. The van der Waals surface area contributed by atoms with Crippen molar-refractivity contribution in [1.29, 1.82) is 0 Å². The van der Waals surface area contributed by atoms with Gasteiger partial charge in [-0.05, 0) is 29.2 Å². The number of carboxylic acid groups (broad SMARTS) is 1. The molecule has 31 heavy (non-hydrogen) atoms. The number of carboxylic acids is 1. The SMILES string of the molecule is C[C@@H](NC(=O)CC(NC(=O)OCC1c2ccccc2-c2ccccc21)C(F)F)C(=O)O. The first-order chi connectivity index (χ1) is 14.8. The lowest BCUT2D eigenvalue weighted by Crippen LogP contribution is -2.46. The Morgan fingerprint density at radius 1 is 1.00 bits per heavy atom. The van der Waals surface area contributed by atoms with E-state index in [0.717, 1.165) is 22.3 Å². The summed E-state index contributed by atoms with van der Waals surface area (Å²) in [7, 11) is 0. The van der Waals surface area contributed by atoms with E-state index in [9.17, 15) is 23.2 Å². The van der Waals surface area contributed by atoms with Crippen LogP contribution < -0.4 is 10.6 Å². The summed E-state index contributed by atoms with van der Waals surface area (Å²) in [6, 6.07) is 12.3. The molecule has 0 saturated carbocycles. The predicted molar refractivity (Wildman–Crippen MR) is 108 cm³/mol. The van der Waals surface area contributed by atoms with Crippen LogP contribution in [-0.2, 0) is 14.3 Å². The molecule has 3 rings (SSSR count). The Bertz CT molecular complexity index is 936. The van der Waals surface area contributed by atoms with Crippen LogP contribution in [0.15, 0.2) is 48.5 Å². The Hall–Kier alpha value is -3.49. The number of fused-ring (bicyclic) bond motifs is 3. The van der Waals surface area contributed by atoms with E-state index in [1.54, 1.807) is 0 Å². The van der Waals surface area contributed by atoms with Gasteiger partial charge in [0, 0.05) is 5.92 Å². The monoisotopic (exact) mass is 432 g/mol. The number of halogens is 2. The van der Waals surface area contributed by atoms with Gasteiger partial charge in [-0.15, -0.1) is 0 Å². The number of hydrogen-bond donors (Lipinski definition) is 3. The van der Waals surface area contributed by atoms with Crippen molar-refractivity contribution < 1.29 is 33.0 Å². The van der Waals surface area contributed by atoms with Gasteiger partial charge in [-0.3, -0.25) is 9.59 Å². The Kier molecular flexibility index (Phi) is 6.84. The topological polar surface area (TPSA) is 105 Å². The van der Waals surface area contributed by atoms with Crippen LogP contribution in [0.1, 0.15) is 30.4 Å². The molecule has 0 spiro atoms. The molecule has 2 atom stereocenters. The van der Waals surface area contributed by atoms with Gasteiger partial charge >= 0.3 is 12.1 Å². The highest BCUT2D eigenvalue weighted by Gasteiger charge is 2.31. The lowest BCUT2D eigenvalue weighted by atomic mass is 9.98. The zero-order chi connectivity index (χ0) is 22.5. The Morgan fingerprint density at radius 3 is 2.06 bits per heavy atom. The van der Waals surface area contributed by atoms with E-state index in [-0.39, 0.29) is 12.5 Å². The standard InChI is InChI=1S/C22H22F2N2O5/c1-12(21(28)29)25-19(27)10-18(20(23)24)26-22(30)31-11-17-15-8-4-2-6-13(15)14-7-3-5-9-16(14)17/h2-9,12,17-18,20H,10-11H2,1H3,(H,25,27)(H,26,30)(H,28,29)/t12-,18?/m1/s1. The molecule has 0 saturated heterocycles. The molecule has 7 nitrogen and oxygen atoms in total. The summed E-state index contributed by atoms with van der Waals surface area (Å²) in [4.78, 5) is 34.7. The third-order valence-corrected chi connectivity index (χ3v) is 5.10. The van der Waals surface area contributed by atoms with Gasteiger partial charge in [-0.25, -0.2) is 13.6 Å². The van der Waals surface area contributed by atoms with Gasteiger partial charge in [0.2, 0.25) is 5.91 Å². The van der Waals surface area contributed by atoms with Gasteiger partial charge in [0.05, 0.1) is 6.42 Å². The molecule has 1 aliphatic carbocycles. The van der Waals surface area contributed by atoms with Crippen LogP contribution in [0.4, 0.5) is 13.6 Å². The number of carbonyl (C=O) groups excluding carboxylic acids is 2. The van der Waals surface area contributed by atoms with Crippen LogP contribution in [0.2, 0.25) is 0 Å². The molecule has 0 bridgehead atoms. The van der Waals surface area contributed by atoms with Crippen LogP contribution in [0.5, 0.6) is 0 Å². The molecule has 164 valence electrons. The summed E-state index contributed by atoms with van der Waals surface area (Å²) in [5, 5.41) is 12.9. The fourth-order valence-corrected chi connectivity index (χ4v) is 3.56. The second-order valence-corrected chi connectivity index (χ2v) is 7.24. The summed E-state index contributed by atoms with van der Waals surface area (Å²) in [5.41, 5.74) is 4.01. The van der Waals surface area contributed by atoms with Crippen molar-refractivity contribution >= 4 is 18.0 Å². The first-order valence-electron chi connectivity index (χ1n) is 9.69. The molecular formula is C22H22F2N2O5. The summed E-state index contributed by atoms with van der Waals surface area (Å²) < 4.78 is 31.8. The van der Waals surface area contributed by atoms with Gasteiger partial charge in [0.1, 0.15) is 18.7 Å². The summed E-state index contributed by atoms with van der Waals surface area (Å²) >= 11 is 0. The summed E-state index contributed by atoms with van der Waals surface area (Å²) in [5.74, 6) is -2.45. The smallest absolute Gasteiger partial charge is 0.407 e. The van der Waals surface area contributed by atoms with Gasteiger partial charge in [-0.1, -0.05) is 48.5 Å². The number of nitrogens with one attached hydrogen (secondary N) is 2. The van der Waals surface area contributed by atoms with Crippen molar-refractivity contribution in [1.82, 2.24) is 10.6 Å². The normalized spacial score (nSPS) is 14.3. The molecule has 0 aromatic heterocycles. The van der Waals surface area contributed by atoms with Gasteiger partial charge in [-0.2, -0.15) is 0 Å². The van der Waals surface area contributed by atoms with Gasteiger partial charge in [0.25, 0.3) is 6.43 Å². The van der Waals surface area contributed by atoms with E-state index >= 15 is 0 Å². The molecule has 9 heteroatoms. The molecule has 3 N–H and O–H groups in total.